The van der Waals surface area contributed by atoms with Gasteiger partial charge in [-0.1, -0.05) is 48.5 Å². The Hall–Kier alpha value is -2.86. The summed E-state index contributed by atoms with van der Waals surface area (Å²) in [6, 6.07) is 18.1. The van der Waals surface area contributed by atoms with Crippen molar-refractivity contribution in [2.45, 2.75) is 32.8 Å². The normalized spacial score (nSPS) is 15.0. The first-order chi connectivity index (χ1) is 14.3. The maximum Gasteiger partial charge on any atom is 0.410 e. The van der Waals surface area contributed by atoms with Crippen LogP contribution in [0, 0.1) is 0 Å². The average molecular weight is 410 g/mol. The number of ether oxygens (including phenoxy) is 1. The average Bonchev–Trinajstić information content (AvgIpc) is 2.69. The summed E-state index contributed by atoms with van der Waals surface area (Å²) >= 11 is 0. The number of carbonyl (C=O) groups excluding carboxylic acids is 2. The van der Waals surface area contributed by atoms with E-state index in [-0.39, 0.29) is 12.0 Å². The number of amides is 2. The van der Waals surface area contributed by atoms with Crippen molar-refractivity contribution in [3.63, 3.8) is 0 Å². The molecule has 1 saturated heterocycles. The predicted octanol–water partition coefficient (Wildman–Crippen LogP) is 3.77. The fourth-order valence-corrected chi connectivity index (χ4v) is 3.42. The Labute approximate surface area is 178 Å². The second kappa shape index (κ2) is 9.76. The van der Waals surface area contributed by atoms with E-state index in [4.69, 9.17) is 4.74 Å². The van der Waals surface area contributed by atoms with Crippen LogP contribution >= 0.6 is 0 Å². The number of benzene rings is 2. The number of piperazine rings is 1. The molecular formula is C24H31N3O3. The number of para-hydroxylation sites is 1. The molecule has 0 aliphatic carbocycles. The second-order valence-corrected chi connectivity index (χ2v) is 8.61. The predicted molar refractivity (Wildman–Crippen MR) is 119 cm³/mol. The van der Waals surface area contributed by atoms with E-state index in [9.17, 15) is 9.59 Å². The summed E-state index contributed by atoms with van der Waals surface area (Å²) in [5.74, 6) is -0.0405. The van der Waals surface area contributed by atoms with Gasteiger partial charge in [0.15, 0.2) is 0 Å². The number of nitrogens with one attached hydrogen (secondary N) is 1. The molecule has 6 heteroatoms. The molecule has 6 nitrogen and oxygen atoms in total. The van der Waals surface area contributed by atoms with Crippen LogP contribution in [0.25, 0.3) is 0 Å². The molecule has 3 rings (SSSR count). The third-order valence-corrected chi connectivity index (χ3v) is 4.92. The highest BCUT2D eigenvalue weighted by Gasteiger charge is 2.26. The molecule has 2 amide bonds. The minimum atomic E-state index is -0.499. The van der Waals surface area contributed by atoms with E-state index in [1.165, 1.54) is 5.56 Å². The van der Waals surface area contributed by atoms with Crippen molar-refractivity contribution >= 4 is 17.7 Å². The third kappa shape index (κ3) is 6.59. The first-order valence-electron chi connectivity index (χ1n) is 10.4. The lowest BCUT2D eigenvalue weighted by atomic mass is 10.0. The van der Waals surface area contributed by atoms with Crippen LogP contribution in [-0.4, -0.2) is 60.1 Å². The molecule has 1 N–H and O–H groups in total. The van der Waals surface area contributed by atoms with Crippen molar-refractivity contribution in [1.29, 1.82) is 0 Å². The van der Waals surface area contributed by atoms with Gasteiger partial charge in [-0.3, -0.25) is 9.69 Å². The van der Waals surface area contributed by atoms with Gasteiger partial charge in [0.1, 0.15) is 5.60 Å². The minimum absolute atomic E-state index is 0.0405. The summed E-state index contributed by atoms with van der Waals surface area (Å²) in [5.41, 5.74) is 2.64. The molecule has 30 heavy (non-hydrogen) atoms. The summed E-state index contributed by atoms with van der Waals surface area (Å²) in [5, 5.41) is 3.06. The molecule has 1 aliphatic rings. The summed E-state index contributed by atoms with van der Waals surface area (Å²) in [4.78, 5) is 28.6. The fraction of sp³-hybridized carbons (Fsp3) is 0.417. The molecule has 0 saturated carbocycles. The van der Waals surface area contributed by atoms with Crippen LogP contribution in [0.2, 0.25) is 0 Å². The fourth-order valence-electron chi connectivity index (χ4n) is 3.42. The van der Waals surface area contributed by atoms with Crippen molar-refractivity contribution < 1.29 is 14.3 Å². The first-order valence-corrected chi connectivity index (χ1v) is 10.4. The third-order valence-electron chi connectivity index (χ3n) is 4.92. The van der Waals surface area contributed by atoms with Crippen LogP contribution < -0.4 is 5.32 Å². The van der Waals surface area contributed by atoms with Gasteiger partial charge < -0.3 is 15.0 Å². The number of nitrogens with zero attached hydrogens (tertiary/aromatic N) is 2. The van der Waals surface area contributed by atoms with Crippen LogP contribution in [0.15, 0.2) is 54.6 Å². The summed E-state index contributed by atoms with van der Waals surface area (Å²) in [6.45, 7) is 8.32. The SMILES string of the molecule is CC(C)(C)OC(=O)N1CCN(CC(=O)Nc2ccccc2Cc2ccccc2)CC1. The van der Waals surface area contributed by atoms with E-state index >= 15 is 0 Å². The lowest BCUT2D eigenvalue weighted by molar-refractivity contribution is -0.117. The monoisotopic (exact) mass is 409 g/mol. The Morgan fingerprint density at radius 1 is 0.933 bits per heavy atom. The van der Waals surface area contributed by atoms with Gasteiger partial charge in [0.2, 0.25) is 5.91 Å². The zero-order valence-corrected chi connectivity index (χ0v) is 18.1. The van der Waals surface area contributed by atoms with Crippen LogP contribution in [0.1, 0.15) is 31.9 Å². The molecule has 2 aromatic rings. The van der Waals surface area contributed by atoms with Crippen LogP contribution in [-0.2, 0) is 16.0 Å². The smallest absolute Gasteiger partial charge is 0.410 e. The molecule has 0 unspecified atom stereocenters. The quantitative estimate of drug-likeness (QED) is 0.817. The Bertz CT molecular complexity index is 853. The number of rotatable bonds is 5. The van der Waals surface area contributed by atoms with Gasteiger partial charge in [-0.15, -0.1) is 0 Å². The van der Waals surface area contributed by atoms with Gasteiger partial charge >= 0.3 is 6.09 Å². The molecule has 1 aliphatic heterocycles. The van der Waals surface area contributed by atoms with Crippen molar-refractivity contribution in [3.8, 4) is 0 Å². The Morgan fingerprint density at radius 3 is 2.23 bits per heavy atom. The minimum Gasteiger partial charge on any atom is -0.444 e. The zero-order valence-electron chi connectivity index (χ0n) is 18.1. The number of hydrogen-bond donors (Lipinski definition) is 1. The van der Waals surface area contributed by atoms with Crippen LogP contribution in [0.5, 0.6) is 0 Å². The highest BCUT2D eigenvalue weighted by molar-refractivity contribution is 5.93. The maximum absolute atomic E-state index is 12.6. The number of carbonyl (C=O) groups is 2. The molecule has 0 bridgehead atoms. The van der Waals surface area contributed by atoms with E-state index < -0.39 is 5.60 Å². The molecule has 160 valence electrons. The highest BCUT2D eigenvalue weighted by Crippen LogP contribution is 2.19. The molecule has 1 fully saturated rings. The molecule has 0 aromatic heterocycles. The maximum atomic E-state index is 12.6. The van der Waals surface area contributed by atoms with E-state index in [2.05, 4.69) is 22.3 Å². The second-order valence-electron chi connectivity index (χ2n) is 8.61. The zero-order chi connectivity index (χ0) is 21.6. The number of hydrogen-bond acceptors (Lipinski definition) is 4. The lowest BCUT2D eigenvalue weighted by Gasteiger charge is -2.35. The number of anilines is 1. The Morgan fingerprint density at radius 2 is 1.57 bits per heavy atom. The molecule has 0 atom stereocenters. The summed E-state index contributed by atoms with van der Waals surface area (Å²) < 4.78 is 5.42. The van der Waals surface area contributed by atoms with Crippen LogP contribution in [0.4, 0.5) is 10.5 Å². The van der Waals surface area contributed by atoms with Gasteiger partial charge in [0.25, 0.3) is 0 Å². The topological polar surface area (TPSA) is 61.9 Å². The van der Waals surface area contributed by atoms with Crippen molar-refractivity contribution in [2.24, 2.45) is 0 Å². The lowest BCUT2D eigenvalue weighted by Crippen LogP contribution is -2.51. The Kier molecular flexibility index (Phi) is 7.11. The standard InChI is InChI=1S/C24H31N3O3/c1-24(2,3)30-23(29)27-15-13-26(14-16-27)18-22(28)25-21-12-8-7-11-20(21)17-19-9-5-4-6-10-19/h4-12H,13-18H2,1-3H3,(H,25,28). The molecule has 2 aromatic carbocycles. The summed E-state index contributed by atoms with van der Waals surface area (Å²) in [7, 11) is 0. The van der Waals surface area contributed by atoms with Gasteiger partial charge in [0, 0.05) is 31.9 Å². The summed E-state index contributed by atoms with van der Waals surface area (Å²) in [6.07, 6.45) is 0.479. The van der Waals surface area contributed by atoms with E-state index in [0.717, 1.165) is 17.7 Å². The highest BCUT2D eigenvalue weighted by atomic mass is 16.6. The van der Waals surface area contributed by atoms with Gasteiger partial charge in [-0.05, 0) is 44.4 Å². The first kappa shape index (κ1) is 21.8. The van der Waals surface area contributed by atoms with Gasteiger partial charge in [-0.2, -0.15) is 0 Å². The molecule has 1 heterocycles. The van der Waals surface area contributed by atoms with Crippen LogP contribution in [0.3, 0.4) is 0 Å². The van der Waals surface area contributed by atoms with Gasteiger partial charge in [0.05, 0.1) is 6.54 Å². The van der Waals surface area contributed by atoms with E-state index in [1.54, 1.807) is 4.90 Å². The van der Waals surface area contributed by atoms with E-state index in [0.29, 0.717) is 32.7 Å². The molecule has 0 spiro atoms. The molecular weight excluding hydrogens is 378 g/mol. The largest absolute Gasteiger partial charge is 0.444 e. The van der Waals surface area contributed by atoms with Crippen molar-refractivity contribution in [2.75, 3.05) is 38.0 Å². The molecule has 0 radical (unpaired) electrons. The van der Waals surface area contributed by atoms with Crippen molar-refractivity contribution in [3.05, 3.63) is 65.7 Å². The Balaban J connectivity index is 1.51. The van der Waals surface area contributed by atoms with Gasteiger partial charge in [-0.25, -0.2) is 4.79 Å². The van der Waals surface area contributed by atoms with Crippen molar-refractivity contribution in [1.82, 2.24) is 9.80 Å². The van der Waals surface area contributed by atoms with E-state index in [1.807, 2.05) is 63.2 Å².